The maximum absolute atomic E-state index is 9.40. The summed E-state index contributed by atoms with van der Waals surface area (Å²) < 4.78 is 14.5. The van der Waals surface area contributed by atoms with Gasteiger partial charge in [0.25, 0.3) is 0 Å². The van der Waals surface area contributed by atoms with Crippen LogP contribution in [0.1, 0.15) is 41.1 Å². The highest BCUT2D eigenvalue weighted by molar-refractivity contribution is 7.99. The lowest BCUT2D eigenvalue weighted by Crippen LogP contribution is -2.31. The highest BCUT2D eigenvalue weighted by Crippen LogP contribution is 2.39. The van der Waals surface area contributed by atoms with E-state index in [1.165, 1.54) is 0 Å². The van der Waals surface area contributed by atoms with E-state index in [4.69, 9.17) is 15.2 Å². The second kappa shape index (κ2) is 11.1. The smallest absolute Gasteiger partial charge is 0.214 e. The predicted octanol–water partition coefficient (Wildman–Crippen LogP) is 3.95. The maximum atomic E-state index is 9.40. The molecule has 0 spiro atoms. The topological polar surface area (TPSA) is 108 Å². The second-order valence-electron chi connectivity index (χ2n) is 8.32. The molecule has 3 N–H and O–H groups in total. The fourth-order valence-electron chi connectivity index (χ4n) is 4.00. The van der Waals surface area contributed by atoms with Crippen LogP contribution in [-0.2, 0) is 22.6 Å². The maximum Gasteiger partial charge on any atom is 0.214 e. The molecule has 5 rings (SSSR count). The van der Waals surface area contributed by atoms with Crippen molar-refractivity contribution in [3.8, 4) is 5.69 Å². The molecule has 1 saturated heterocycles. The third-order valence-corrected chi connectivity index (χ3v) is 6.99. The molecule has 0 unspecified atom stereocenters. The van der Waals surface area contributed by atoms with Gasteiger partial charge in [0.05, 0.1) is 24.5 Å². The summed E-state index contributed by atoms with van der Waals surface area (Å²) in [6.07, 6.45) is -0.0490. The lowest BCUT2D eigenvalue weighted by atomic mass is 10.0. The van der Waals surface area contributed by atoms with E-state index in [1.807, 2.05) is 78.9 Å². The van der Waals surface area contributed by atoms with Crippen LogP contribution in [0.4, 0.5) is 0 Å². The molecule has 0 amide bonds. The van der Waals surface area contributed by atoms with Gasteiger partial charge in [-0.25, -0.2) is 0 Å². The van der Waals surface area contributed by atoms with Gasteiger partial charge < -0.3 is 20.3 Å². The fraction of sp³-hybridized carbons (Fsp3) is 0.269. The first-order valence-electron chi connectivity index (χ1n) is 11.5. The number of nitrogens with two attached hydrogens (primary N) is 1. The molecule has 180 valence electrons. The van der Waals surface area contributed by atoms with Crippen molar-refractivity contribution < 1.29 is 14.6 Å². The lowest BCUT2D eigenvalue weighted by molar-refractivity contribution is -0.245. The number of thioether (sulfide) groups is 1. The number of tetrazole rings is 1. The highest BCUT2D eigenvalue weighted by Gasteiger charge is 2.32. The van der Waals surface area contributed by atoms with Crippen molar-refractivity contribution in [3.63, 3.8) is 0 Å². The van der Waals surface area contributed by atoms with Crippen molar-refractivity contribution in [1.29, 1.82) is 0 Å². The van der Waals surface area contributed by atoms with E-state index in [2.05, 4.69) is 15.5 Å². The predicted molar refractivity (Wildman–Crippen MR) is 133 cm³/mol. The van der Waals surface area contributed by atoms with Gasteiger partial charge in [0.2, 0.25) is 5.16 Å². The average molecular weight is 490 g/mol. The summed E-state index contributed by atoms with van der Waals surface area (Å²) in [7, 11) is 0. The highest BCUT2D eigenvalue weighted by atomic mass is 32.2. The lowest BCUT2D eigenvalue weighted by Gasteiger charge is -2.36. The van der Waals surface area contributed by atoms with Gasteiger partial charge in [-0.1, -0.05) is 78.5 Å². The normalized spacial score (nSPS) is 20.1. The molecule has 1 aliphatic heterocycles. The van der Waals surface area contributed by atoms with Crippen LogP contribution in [0.5, 0.6) is 0 Å². The molecule has 2 heterocycles. The second-order valence-corrected chi connectivity index (χ2v) is 9.30. The molecular formula is C26H27N5O3S. The minimum Gasteiger partial charge on any atom is -0.392 e. The van der Waals surface area contributed by atoms with E-state index in [9.17, 15) is 5.11 Å². The van der Waals surface area contributed by atoms with Crippen LogP contribution in [0.15, 0.2) is 84.0 Å². The molecule has 0 saturated carbocycles. The van der Waals surface area contributed by atoms with Crippen molar-refractivity contribution >= 4 is 11.8 Å². The largest absolute Gasteiger partial charge is 0.392 e. The minimum absolute atomic E-state index is 0.0143. The molecule has 0 radical (unpaired) electrons. The number of aliphatic hydroxyl groups is 1. The molecule has 8 nitrogen and oxygen atoms in total. The fourth-order valence-corrected chi connectivity index (χ4v) is 4.91. The quantitative estimate of drug-likeness (QED) is 0.358. The molecule has 0 bridgehead atoms. The van der Waals surface area contributed by atoms with Gasteiger partial charge >= 0.3 is 0 Å². The molecule has 1 aliphatic rings. The minimum atomic E-state index is -0.506. The van der Waals surface area contributed by atoms with E-state index in [0.29, 0.717) is 23.9 Å². The molecule has 3 aromatic carbocycles. The summed E-state index contributed by atoms with van der Waals surface area (Å²) >= 11 is 1.56. The summed E-state index contributed by atoms with van der Waals surface area (Å²) in [4.78, 5) is 0. The van der Waals surface area contributed by atoms with E-state index >= 15 is 0 Å². The average Bonchev–Trinajstić information content (AvgIpc) is 3.41. The number of nitrogens with zero attached hydrogens (tertiary/aromatic N) is 4. The SMILES string of the molecule is NCc1ccc([C@H]2O[C@@H](CSc3nnnn3-c3ccccc3)C[C@@H](c3ccc(CO)cc3)O2)cc1. The number of aliphatic hydroxyl groups excluding tert-OH is 1. The zero-order chi connectivity index (χ0) is 24.0. The first-order chi connectivity index (χ1) is 17.2. The van der Waals surface area contributed by atoms with Crippen LogP contribution >= 0.6 is 11.8 Å². The molecule has 3 atom stereocenters. The van der Waals surface area contributed by atoms with Gasteiger partial charge in [-0.2, -0.15) is 4.68 Å². The van der Waals surface area contributed by atoms with Gasteiger partial charge in [0, 0.05) is 24.3 Å². The Morgan fingerprint density at radius 2 is 1.63 bits per heavy atom. The standard InChI is InChI=1S/C26H27N5O3S/c27-15-18-6-12-21(13-7-18)25-33-23(14-24(34-25)20-10-8-19(16-32)9-11-20)17-35-26-28-29-30-31(26)22-4-2-1-3-5-22/h1-13,23-25,32H,14-17,27H2/t23-,24+,25+/m1/s1. The van der Waals surface area contributed by atoms with Crippen LogP contribution in [0.2, 0.25) is 0 Å². The Bertz CT molecular complexity index is 1160. The first kappa shape index (κ1) is 23.7. The molecule has 9 heteroatoms. The van der Waals surface area contributed by atoms with Crippen molar-refractivity contribution in [2.24, 2.45) is 5.73 Å². The van der Waals surface area contributed by atoms with E-state index in [0.717, 1.165) is 27.9 Å². The third-order valence-electron chi connectivity index (χ3n) is 5.94. The van der Waals surface area contributed by atoms with Crippen molar-refractivity contribution in [3.05, 3.63) is 101 Å². The van der Waals surface area contributed by atoms with Gasteiger partial charge in [0.15, 0.2) is 6.29 Å². The van der Waals surface area contributed by atoms with Crippen molar-refractivity contribution in [1.82, 2.24) is 20.2 Å². The van der Waals surface area contributed by atoms with Crippen LogP contribution in [0.25, 0.3) is 5.69 Å². The number of hydrogen-bond donors (Lipinski definition) is 2. The van der Waals surface area contributed by atoms with E-state index < -0.39 is 6.29 Å². The number of rotatable bonds is 8. The zero-order valence-electron chi connectivity index (χ0n) is 19.1. The van der Waals surface area contributed by atoms with Crippen LogP contribution in [0, 0.1) is 0 Å². The summed E-state index contributed by atoms with van der Waals surface area (Å²) in [6.45, 7) is 0.502. The Kier molecular flexibility index (Phi) is 7.51. The Labute approximate surface area is 208 Å². The molecule has 0 aliphatic carbocycles. The number of para-hydroxylation sites is 1. The summed E-state index contributed by atoms with van der Waals surface area (Å²) in [5, 5.41) is 22.3. The van der Waals surface area contributed by atoms with Crippen LogP contribution in [0.3, 0.4) is 0 Å². The van der Waals surface area contributed by atoms with Crippen molar-refractivity contribution in [2.75, 3.05) is 5.75 Å². The van der Waals surface area contributed by atoms with E-state index in [-0.39, 0.29) is 18.8 Å². The monoisotopic (exact) mass is 489 g/mol. The summed E-state index contributed by atoms with van der Waals surface area (Å²) in [5.74, 6) is 0.666. The molecule has 1 fully saturated rings. The third kappa shape index (κ3) is 5.61. The number of aromatic nitrogens is 4. The summed E-state index contributed by atoms with van der Waals surface area (Å²) in [6, 6.07) is 25.7. The Hall–Kier alpha value is -3.08. The molecule has 1 aromatic heterocycles. The van der Waals surface area contributed by atoms with Crippen LogP contribution in [-0.4, -0.2) is 37.2 Å². The van der Waals surface area contributed by atoms with Crippen LogP contribution < -0.4 is 5.73 Å². The number of ether oxygens (including phenoxy) is 2. The first-order valence-corrected chi connectivity index (χ1v) is 12.5. The Morgan fingerprint density at radius 3 is 2.34 bits per heavy atom. The summed E-state index contributed by atoms with van der Waals surface area (Å²) in [5.41, 5.74) is 10.6. The zero-order valence-corrected chi connectivity index (χ0v) is 19.9. The van der Waals surface area contributed by atoms with Gasteiger partial charge in [-0.05, 0) is 39.2 Å². The number of benzene rings is 3. The van der Waals surface area contributed by atoms with Gasteiger partial charge in [0.1, 0.15) is 0 Å². The van der Waals surface area contributed by atoms with Gasteiger partial charge in [-0.15, -0.1) is 5.10 Å². The van der Waals surface area contributed by atoms with Gasteiger partial charge in [-0.3, -0.25) is 0 Å². The Balaban J connectivity index is 1.35. The molecule has 35 heavy (non-hydrogen) atoms. The molecular weight excluding hydrogens is 462 g/mol. The number of hydrogen-bond acceptors (Lipinski definition) is 8. The van der Waals surface area contributed by atoms with Crippen molar-refractivity contribution in [2.45, 2.75) is 43.2 Å². The van der Waals surface area contributed by atoms with E-state index in [1.54, 1.807) is 16.4 Å². The molecule has 4 aromatic rings. The Morgan fingerprint density at radius 1 is 0.914 bits per heavy atom.